The zero-order chi connectivity index (χ0) is 12.0. The van der Waals surface area contributed by atoms with Crippen LogP contribution >= 0.6 is 0 Å². The van der Waals surface area contributed by atoms with E-state index >= 15 is 0 Å². The van der Waals surface area contributed by atoms with Crippen molar-refractivity contribution in [3.63, 3.8) is 0 Å². The van der Waals surface area contributed by atoms with Gasteiger partial charge in [-0.25, -0.2) is 0 Å². The van der Waals surface area contributed by atoms with Crippen LogP contribution in [0.5, 0.6) is 5.75 Å². The molecule has 1 N–H and O–H groups in total. The van der Waals surface area contributed by atoms with Crippen LogP contribution in [0.15, 0.2) is 42.5 Å². The number of carbonyl (C=O) groups is 2. The summed E-state index contributed by atoms with van der Waals surface area (Å²) in [6.45, 7) is 0. The quantitative estimate of drug-likeness (QED) is 0.699. The van der Waals surface area contributed by atoms with Gasteiger partial charge >= 0.3 is 0 Å². The molecule has 0 saturated carbocycles. The third-order valence-electron chi connectivity index (χ3n) is 2.92. The van der Waals surface area contributed by atoms with Gasteiger partial charge in [-0.05, 0) is 29.3 Å². The fourth-order valence-electron chi connectivity index (χ4n) is 2.11. The van der Waals surface area contributed by atoms with Gasteiger partial charge < -0.3 is 5.11 Å². The molecule has 0 radical (unpaired) electrons. The molecule has 2 aromatic carbocycles. The third-order valence-corrected chi connectivity index (χ3v) is 2.92. The molecule has 0 bridgehead atoms. The molecule has 3 rings (SSSR count). The second-order valence-electron chi connectivity index (χ2n) is 3.93. The Labute approximate surface area is 97.3 Å². The minimum atomic E-state index is -0.515. The monoisotopic (exact) mass is 224 g/mol. The predicted molar refractivity (Wildman–Crippen MR) is 62.2 cm³/mol. The molecular formula is C14H8O3. The second-order valence-corrected chi connectivity index (χ2v) is 3.93. The molecule has 0 spiro atoms. The first-order chi connectivity index (χ1) is 8.18. The third kappa shape index (κ3) is 1.29. The number of Topliss-reactive ketones (excluding diaryl/α,β-unsaturated/α-hetero) is 2. The first kappa shape index (κ1) is 9.78. The normalized spacial score (nSPS) is 13.2. The Bertz CT molecular complexity index is 656. The fraction of sp³-hybridized carbons (Fsp3) is 0. The van der Waals surface area contributed by atoms with Gasteiger partial charge in [0.25, 0.3) is 0 Å². The average Bonchev–Trinajstić information content (AvgIpc) is 2.36. The Hall–Kier alpha value is -2.42. The molecule has 1 aliphatic carbocycles. The van der Waals surface area contributed by atoms with Crippen molar-refractivity contribution in [1.29, 1.82) is 0 Å². The summed E-state index contributed by atoms with van der Waals surface area (Å²) in [4.78, 5) is 23.7. The Morgan fingerprint density at radius 2 is 1.29 bits per heavy atom. The van der Waals surface area contributed by atoms with Crippen molar-refractivity contribution in [3.05, 3.63) is 53.6 Å². The molecule has 0 fully saturated rings. The van der Waals surface area contributed by atoms with Crippen molar-refractivity contribution in [1.82, 2.24) is 0 Å². The highest BCUT2D eigenvalue weighted by Crippen LogP contribution is 2.35. The molecule has 0 unspecified atom stereocenters. The summed E-state index contributed by atoms with van der Waals surface area (Å²) in [5, 5.41) is 9.47. The van der Waals surface area contributed by atoms with Crippen LogP contribution in [0.3, 0.4) is 0 Å². The van der Waals surface area contributed by atoms with Gasteiger partial charge in [0, 0.05) is 11.1 Å². The summed E-state index contributed by atoms with van der Waals surface area (Å²) >= 11 is 0. The van der Waals surface area contributed by atoms with Crippen LogP contribution in [0.25, 0.3) is 11.1 Å². The lowest BCUT2D eigenvalue weighted by atomic mass is 9.84. The number of fused-ring (bicyclic) bond motifs is 3. The second kappa shape index (κ2) is 3.28. The maximum atomic E-state index is 11.9. The number of phenolic OH excluding ortho intramolecular Hbond substituents is 1. The lowest BCUT2D eigenvalue weighted by molar-refractivity contribution is 0.0815. The highest BCUT2D eigenvalue weighted by molar-refractivity contribution is 6.53. The molecule has 3 nitrogen and oxygen atoms in total. The van der Waals surface area contributed by atoms with Gasteiger partial charge in [0.05, 0.1) is 0 Å². The summed E-state index contributed by atoms with van der Waals surface area (Å²) in [7, 11) is 0. The van der Waals surface area contributed by atoms with E-state index in [1.807, 2.05) is 0 Å². The smallest absolute Gasteiger partial charge is 0.234 e. The first-order valence-corrected chi connectivity index (χ1v) is 5.20. The van der Waals surface area contributed by atoms with E-state index in [4.69, 9.17) is 0 Å². The van der Waals surface area contributed by atoms with Crippen molar-refractivity contribution < 1.29 is 14.7 Å². The number of aromatic hydroxyl groups is 1. The number of carbonyl (C=O) groups excluding carboxylic acids is 2. The van der Waals surface area contributed by atoms with Crippen LogP contribution in [-0.4, -0.2) is 16.7 Å². The van der Waals surface area contributed by atoms with Crippen LogP contribution < -0.4 is 0 Å². The van der Waals surface area contributed by atoms with E-state index in [0.717, 1.165) is 0 Å². The number of ketones is 2. The molecule has 0 heterocycles. The van der Waals surface area contributed by atoms with Crippen LogP contribution in [0.4, 0.5) is 0 Å². The van der Waals surface area contributed by atoms with Crippen LogP contribution in [0.1, 0.15) is 20.7 Å². The summed E-state index contributed by atoms with van der Waals surface area (Å²) in [5.41, 5.74) is 2.07. The summed E-state index contributed by atoms with van der Waals surface area (Å²) in [5.74, 6) is -0.918. The summed E-state index contributed by atoms with van der Waals surface area (Å²) < 4.78 is 0. The molecule has 0 amide bonds. The summed E-state index contributed by atoms with van der Waals surface area (Å²) in [6.07, 6.45) is 0. The van der Waals surface area contributed by atoms with Crippen LogP contribution in [-0.2, 0) is 0 Å². The van der Waals surface area contributed by atoms with Gasteiger partial charge in [-0.1, -0.05) is 24.3 Å². The molecule has 1 aliphatic rings. The van der Waals surface area contributed by atoms with Gasteiger partial charge in [-0.15, -0.1) is 0 Å². The standard InChI is InChI=1S/C14H8O3/c15-8-5-6-11-12(7-8)9-3-1-2-4-10(9)13(16)14(11)17/h1-7,15H. The molecule has 3 heteroatoms. The first-order valence-electron chi connectivity index (χ1n) is 5.20. The van der Waals surface area contributed by atoms with Crippen molar-refractivity contribution in [2.24, 2.45) is 0 Å². The zero-order valence-electron chi connectivity index (χ0n) is 8.81. The van der Waals surface area contributed by atoms with Gasteiger partial charge in [-0.3, -0.25) is 9.59 Å². The average molecular weight is 224 g/mol. The van der Waals surface area contributed by atoms with Gasteiger partial charge in [0.1, 0.15) is 5.75 Å². The topological polar surface area (TPSA) is 54.4 Å². The molecule has 82 valence electrons. The van der Waals surface area contributed by atoms with Crippen molar-refractivity contribution in [3.8, 4) is 16.9 Å². The lowest BCUT2D eigenvalue weighted by Crippen LogP contribution is -2.20. The van der Waals surface area contributed by atoms with Gasteiger partial charge in [-0.2, -0.15) is 0 Å². The molecule has 0 aliphatic heterocycles. The maximum absolute atomic E-state index is 11.9. The highest BCUT2D eigenvalue weighted by Gasteiger charge is 2.29. The zero-order valence-corrected chi connectivity index (χ0v) is 8.81. The Kier molecular flexibility index (Phi) is 1.89. The minimum absolute atomic E-state index is 0.0840. The van der Waals surface area contributed by atoms with Crippen LogP contribution in [0.2, 0.25) is 0 Å². The van der Waals surface area contributed by atoms with E-state index in [0.29, 0.717) is 22.3 Å². The minimum Gasteiger partial charge on any atom is -0.508 e. The number of hydrogen-bond acceptors (Lipinski definition) is 3. The number of hydrogen-bond donors (Lipinski definition) is 1. The van der Waals surface area contributed by atoms with E-state index in [1.54, 1.807) is 24.3 Å². The van der Waals surface area contributed by atoms with E-state index in [-0.39, 0.29) is 5.75 Å². The summed E-state index contributed by atoms with van der Waals surface area (Å²) in [6, 6.07) is 11.3. The lowest BCUT2D eigenvalue weighted by Gasteiger charge is -2.17. The molecule has 17 heavy (non-hydrogen) atoms. The molecule has 0 aromatic heterocycles. The van der Waals surface area contributed by atoms with Gasteiger partial charge in [0.15, 0.2) is 0 Å². The van der Waals surface area contributed by atoms with Gasteiger partial charge in [0.2, 0.25) is 11.6 Å². The molecule has 2 aromatic rings. The SMILES string of the molecule is O=C1C(=O)c2ccc(O)cc2-c2ccccc21. The largest absolute Gasteiger partial charge is 0.508 e. The fourth-order valence-corrected chi connectivity index (χ4v) is 2.11. The maximum Gasteiger partial charge on any atom is 0.234 e. The number of benzene rings is 2. The van der Waals surface area contributed by atoms with E-state index in [9.17, 15) is 14.7 Å². The van der Waals surface area contributed by atoms with Crippen molar-refractivity contribution in [2.45, 2.75) is 0 Å². The number of phenols is 1. The Morgan fingerprint density at radius 1 is 0.706 bits per heavy atom. The Morgan fingerprint density at radius 3 is 2.00 bits per heavy atom. The highest BCUT2D eigenvalue weighted by atomic mass is 16.3. The predicted octanol–water partition coefficient (Wildman–Crippen LogP) is 2.44. The van der Waals surface area contributed by atoms with E-state index in [1.165, 1.54) is 18.2 Å². The van der Waals surface area contributed by atoms with Crippen molar-refractivity contribution >= 4 is 11.6 Å². The van der Waals surface area contributed by atoms with E-state index < -0.39 is 11.6 Å². The molecule has 0 saturated heterocycles. The Balaban J connectivity index is 2.41. The molecule has 0 atom stereocenters. The van der Waals surface area contributed by atoms with Crippen LogP contribution in [0, 0.1) is 0 Å². The molecular weight excluding hydrogens is 216 g/mol. The van der Waals surface area contributed by atoms with Crippen molar-refractivity contribution in [2.75, 3.05) is 0 Å². The van der Waals surface area contributed by atoms with E-state index in [2.05, 4.69) is 0 Å². The number of rotatable bonds is 0.